The number of hydrogen-bond donors (Lipinski definition) is 0. The van der Waals surface area contributed by atoms with E-state index in [1.165, 1.54) is 0 Å². The van der Waals surface area contributed by atoms with E-state index < -0.39 is 21.3 Å². The summed E-state index contributed by atoms with van der Waals surface area (Å²) in [6.07, 6.45) is 0.295. The molecule has 1 aliphatic rings. The Hall–Kier alpha value is -1.85. The Balaban J connectivity index is 2.14. The average molecular weight is 336 g/mol. The molecule has 114 valence electrons. The van der Waals surface area contributed by atoms with Crippen molar-refractivity contribution in [3.05, 3.63) is 59.7 Å². The van der Waals surface area contributed by atoms with Crippen LogP contribution in [0.15, 0.2) is 53.4 Å². The average Bonchev–Trinajstić information content (AvgIpc) is 2.88. The van der Waals surface area contributed by atoms with Gasteiger partial charge in [0.05, 0.1) is 10.6 Å². The maximum absolute atomic E-state index is 12.9. The zero-order valence-electron chi connectivity index (χ0n) is 11.9. The number of hydrogen-bond acceptors (Lipinski definition) is 3. The van der Waals surface area contributed by atoms with E-state index in [0.717, 1.165) is 15.4 Å². The van der Waals surface area contributed by atoms with Crippen LogP contribution in [0.1, 0.15) is 11.1 Å². The van der Waals surface area contributed by atoms with Crippen LogP contribution in [0.5, 0.6) is 0 Å². The quantitative estimate of drug-likeness (QED) is 0.810. The molecule has 2 aromatic carbocycles. The van der Waals surface area contributed by atoms with Gasteiger partial charge in [0, 0.05) is 6.42 Å². The van der Waals surface area contributed by atoms with Gasteiger partial charge in [-0.1, -0.05) is 35.9 Å². The van der Waals surface area contributed by atoms with Gasteiger partial charge in [-0.05, 0) is 42.3 Å². The molecule has 0 aromatic heterocycles. The molecule has 0 fully saturated rings. The summed E-state index contributed by atoms with van der Waals surface area (Å²) in [7, 11) is -3.83. The molecule has 0 bridgehead atoms. The molecule has 6 heteroatoms. The third-order valence-corrected chi connectivity index (χ3v) is 5.85. The number of carbonyl (C=O) groups is 1. The molecule has 4 nitrogen and oxygen atoms in total. The lowest BCUT2D eigenvalue weighted by molar-refractivity contribution is -0.112. The van der Waals surface area contributed by atoms with E-state index in [2.05, 4.69) is 0 Å². The first-order valence-corrected chi connectivity index (χ1v) is 8.61. The van der Waals surface area contributed by atoms with Gasteiger partial charge in [-0.25, -0.2) is 8.42 Å². The van der Waals surface area contributed by atoms with Crippen molar-refractivity contribution < 1.29 is 13.2 Å². The molecule has 0 unspecified atom stereocenters. The highest BCUT2D eigenvalue weighted by atomic mass is 35.5. The first-order chi connectivity index (χ1) is 10.4. The number of rotatable bonds is 3. The highest BCUT2D eigenvalue weighted by molar-refractivity contribution is 7.93. The smallest absolute Gasteiger partial charge is 0.265 e. The number of fused-ring (bicyclic) bond motifs is 1. The molecule has 1 atom stereocenters. The number of nitrogens with zero attached hydrogens (tertiary/aromatic N) is 1. The van der Waals surface area contributed by atoms with Gasteiger partial charge < -0.3 is 0 Å². The van der Waals surface area contributed by atoms with E-state index in [1.807, 2.05) is 19.1 Å². The number of carbonyl (C=O) groups excluding carboxylic acids is 1. The van der Waals surface area contributed by atoms with E-state index in [0.29, 0.717) is 12.1 Å². The Kier molecular flexibility index (Phi) is 3.70. The van der Waals surface area contributed by atoms with Crippen molar-refractivity contribution in [3.63, 3.8) is 0 Å². The van der Waals surface area contributed by atoms with Crippen LogP contribution in [0.2, 0.25) is 0 Å². The first-order valence-electron chi connectivity index (χ1n) is 6.79. The van der Waals surface area contributed by atoms with Crippen LogP contribution in [0.25, 0.3) is 0 Å². The molecule has 1 aliphatic heterocycles. The van der Waals surface area contributed by atoms with Crippen LogP contribution < -0.4 is 4.31 Å². The van der Waals surface area contributed by atoms with Crippen molar-refractivity contribution in [1.29, 1.82) is 0 Å². The van der Waals surface area contributed by atoms with Gasteiger partial charge in [0.25, 0.3) is 10.0 Å². The monoisotopic (exact) mass is 335 g/mol. The van der Waals surface area contributed by atoms with Gasteiger partial charge in [0.2, 0.25) is 5.24 Å². The lowest BCUT2D eigenvalue weighted by Gasteiger charge is -2.24. The van der Waals surface area contributed by atoms with E-state index in [1.54, 1.807) is 36.4 Å². The summed E-state index contributed by atoms with van der Waals surface area (Å²) in [5.74, 6) is 0. The maximum Gasteiger partial charge on any atom is 0.265 e. The molecule has 1 heterocycles. The van der Waals surface area contributed by atoms with Crippen LogP contribution in [0.4, 0.5) is 5.69 Å². The standard InChI is InChI=1S/C16H14ClNO3S/c1-11-6-8-13(9-7-11)22(20,21)18-14-5-3-2-4-12(14)10-15(18)16(17)19/h2-9,15H,10H2,1H3/t15-/m0/s1. The summed E-state index contributed by atoms with van der Waals surface area (Å²) in [6.45, 7) is 1.88. The van der Waals surface area contributed by atoms with E-state index in [9.17, 15) is 13.2 Å². The molecular formula is C16H14ClNO3S. The lowest BCUT2D eigenvalue weighted by atomic mass is 10.1. The Morgan fingerprint density at radius 2 is 1.77 bits per heavy atom. The Morgan fingerprint density at radius 1 is 1.14 bits per heavy atom. The predicted octanol–water partition coefficient (Wildman–Crippen LogP) is 2.88. The summed E-state index contributed by atoms with van der Waals surface area (Å²) in [4.78, 5) is 11.9. The number of benzene rings is 2. The molecule has 0 amide bonds. The molecule has 2 aromatic rings. The SMILES string of the molecule is Cc1ccc(S(=O)(=O)N2c3ccccc3C[C@H]2C(=O)Cl)cc1. The van der Waals surface area contributed by atoms with Gasteiger partial charge in [-0.15, -0.1) is 0 Å². The first kappa shape index (κ1) is 15.1. The second kappa shape index (κ2) is 5.41. The number of anilines is 1. The molecule has 0 N–H and O–H groups in total. The lowest BCUT2D eigenvalue weighted by Crippen LogP contribution is -2.41. The minimum Gasteiger partial charge on any atom is -0.279 e. The highest BCUT2D eigenvalue weighted by Crippen LogP contribution is 2.37. The molecule has 0 spiro atoms. The van der Waals surface area contributed by atoms with Crippen LogP contribution in [0.3, 0.4) is 0 Å². The predicted molar refractivity (Wildman–Crippen MR) is 85.6 cm³/mol. The summed E-state index contributed by atoms with van der Waals surface area (Å²) >= 11 is 5.64. The van der Waals surface area contributed by atoms with Crippen molar-refractivity contribution in [2.24, 2.45) is 0 Å². The topological polar surface area (TPSA) is 54.5 Å². The highest BCUT2D eigenvalue weighted by Gasteiger charge is 2.41. The van der Waals surface area contributed by atoms with Gasteiger partial charge in [-0.3, -0.25) is 9.10 Å². The molecule has 0 saturated heterocycles. The Bertz CT molecular complexity index is 831. The van der Waals surface area contributed by atoms with Crippen LogP contribution in [0, 0.1) is 6.92 Å². The fourth-order valence-corrected chi connectivity index (χ4v) is 4.53. The molecule has 0 saturated carbocycles. The van der Waals surface area contributed by atoms with E-state index in [4.69, 9.17) is 11.6 Å². The molecule has 0 radical (unpaired) electrons. The molecule has 22 heavy (non-hydrogen) atoms. The fourth-order valence-electron chi connectivity index (χ4n) is 2.65. The van der Waals surface area contributed by atoms with Gasteiger partial charge in [0.1, 0.15) is 6.04 Å². The summed E-state index contributed by atoms with van der Waals surface area (Å²) in [6, 6.07) is 12.7. The van der Waals surface area contributed by atoms with Gasteiger partial charge in [-0.2, -0.15) is 0 Å². The number of para-hydroxylation sites is 1. The number of sulfonamides is 1. The second-order valence-corrected chi connectivity index (χ2v) is 7.45. The molecule has 0 aliphatic carbocycles. The van der Waals surface area contributed by atoms with Crippen LogP contribution >= 0.6 is 11.6 Å². The van der Waals surface area contributed by atoms with E-state index >= 15 is 0 Å². The van der Waals surface area contributed by atoms with Gasteiger partial charge in [0.15, 0.2) is 0 Å². The third kappa shape index (κ3) is 2.40. The maximum atomic E-state index is 12.9. The largest absolute Gasteiger partial charge is 0.279 e. The summed E-state index contributed by atoms with van der Waals surface area (Å²) in [5.41, 5.74) is 2.28. The van der Waals surface area contributed by atoms with Crippen LogP contribution in [-0.4, -0.2) is 19.7 Å². The zero-order valence-corrected chi connectivity index (χ0v) is 13.4. The van der Waals surface area contributed by atoms with Crippen molar-refractivity contribution in [3.8, 4) is 0 Å². The van der Waals surface area contributed by atoms with Crippen molar-refractivity contribution in [2.75, 3.05) is 4.31 Å². The van der Waals surface area contributed by atoms with Crippen molar-refractivity contribution in [1.82, 2.24) is 0 Å². The number of halogens is 1. The second-order valence-electron chi connectivity index (χ2n) is 5.27. The third-order valence-electron chi connectivity index (χ3n) is 3.77. The fraction of sp³-hybridized carbons (Fsp3) is 0.188. The van der Waals surface area contributed by atoms with Gasteiger partial charge >= 0.3 is 0 Å². The van der Waals surface area contributed by atoms with E-state index in [-0.39, 0.29) is 4.90 Å². The minimum absolute atomic E-state index is 0.151. The molecule has 3 rings (SSSR count). The normalized spacial score (nSPS) is 17.4. The summed E-state index contributed by atoms with van der Waals surface area (Å²) in [5, 5.41) is -0.674. The minimum atomic E-state index is -3.83. The Labute approximate surface area is 134 Å². The van der Waals surface area contributed by atoms with Crippen molar-refractivity contribution in [2.45, 2.75) is 24.3 Å². The zero-order chi connectivity index (χ0) is 15.9. The summed E-state index contributed by atoms with van der Waals surface area (Å²) < 4.78 is 27.0. The van der Waals surface area contributed by atoms with Crippen LogP contribution in [-0.2, 0) is 21.2 Å². The number of aryl methyl sites for hydroxylation is 1. The Morgan fingerprint density at radius 3 is 2.41 bits per heavy atom. The van der Waals surface area contributed by atoms with Crippen molar-refractivity contribution >= 4 is 32.6 Å². The molecular weight excluding hydrogens is 322 g/mol.